The van der Waals surface area contributed by atoms with Crippen LogP contribution in [-0.2, 0) is 21.2 Å². The molecule has 2 N–H and O–H groups in total. The van der Waals surface area contributed by atoms with E-state index >= 15 is 0 Å². The van der Waals surface area contributed by atoms with Crippen molar-refractivity contribution >= 4 is 16.0 Å². The first kappa shape index (κ1) is 15.7. The van der Waals surface area contributed by atoms with Crippen molar-refractivity contribution in [1.82, 2.24) is 4.72 Å². The molecule has 0 unspecified atom stereocenters. The molecule has 106 valence electrons. The predicted molar refractivity (Wildman–Crippen MR) is 73.5 cm³/mol. The fraction of sp³-hybridized carbons (Fsp3) is 0.462. The largest absolute Gasteiger partial charge is 0.481 e. The number of carbonyl (C=O) groups is 1. The van der Waals surface area contributed by atoms with Gasteiger partial charge in [0.15, 0.2) is 0 Å². The van der Waals surface area contributed by atoms with Crippen LogP contribution in [0.15, 0.2) is 24.3 Å². The molecule has 0 saturated heterocycles. The lowest BCUT2D eigenvalue weighted by Crippen LogP contribution is -2.28. The first-order chi connectivity index (χ1) is 8.89. The third-order valence-corrected chi connectivity index (χ3v) is 4.09. The van der Waals surface area contributed by atoms with E-state index in [1.54, 1.807) is 0 Å². The van der Waals surface area contributed by atoms with Gasteiger partial charge < -0.3 is 5.11 Å². The third kappa shape index (κ3) is 6.93. The molecule has 0 heterocycles. The van der Waals surface area contributed by atoms with Crippen molar-refractivity contribution in [1.29, 1.82) is 0 Å². The van der Waals surface area contributed by atoms with E-state index in [1.165, 1.54) is 0 Å². The van der Waals surface area contributed by atoms with E-state index in [2.05, 4.69) is 4.72 Å². The summed E-state index contributed by atoms with van der Waals surface area (Å²) < 4.78 is 25.6. The first-order valence-electron chi connectivity index (χ1n) is 6.14. The van der Waals surface area contributed by atoms with Gasteiger partial charge in [-0.25, -0.2) is 13.1 Å². The highest BCUT2D eigenvalue weighted by Gasteiger charge is 2.10. The second kappa shape index (κ2) is 7.25. The summed E-state index contributed by atoms with van der Waals surface area (Å²) in [4.78, 5) is 10.3. The molecule has 0 aliphatic heterocycles. The maximum atomic E-state index is 11.6. The lowest BCUT2D eigenvalue weighted by Gasteiger charge is -2.06. The Kier molecular flexibility index (Phi) is 5.98. The van der Waals surface area contributed by atoms with Gasteiger partial charge in [0.2, 0.25) is 10.0 Å². The summed E-state index contributed by atoms with van der Waals surface area (Å²) in [7, 11) is -3.37. The van der Waals surface area contributed by atoms with Crippen LogP contribution in [0.1, 0.15) is 24.0 Å². The van der Waals surface area contributed by atoms with Crippen molar-refractivity contribution < 1.29 is 18.3 Å². The summed E-state index contributed by atoms with van der Waals surface area (Å²) in [6, 6.07) is 7.88. The van der Waals surface area contributed by atoms with Crippen molar-refractivity contribution in [2.24, 2.45) is 0 Å². The highest BCUT2D eigenvalue weighted by Crippen LogP contribution is 2.04. The smallest absolute Gasteiger partial charge is 0.303 e. The van der Waals surface area contributed by atoms with Crippen LogP contribution in [0.2, 0.25) is 0 Å². The molecule has 6 heteroatoms. The molecule has 0 aliphatic carbocycles. The number of benzene rings is 1. The average Bonchev–Trinajstić information content (AvgIpc) is 2.27. The zero-order chi connectivity index (χ0) is 14.3. The van der Waals surface area contributed by atoms with Crippen molar-refractivity contribution in [3.8, 4) is 0 Å². The second-order valence-electron chi connectivity index (χ2n) is 4.45. The molecule has 0 spiro atoms. The van der Waals surface area contributed by atoms with Crippen LogP contribution >= 0.6 is 0 Å². The number of aryl methyl sites for hydroxylation is 1. The summed E-state index contributed by atoms with van der Waals surface area (Å²) >= 11 is 0. The van der Waals surface area contributed by atoms with Crippen LogP contribution in [0.5, 0.6) is 0 Å². The molecular formula is C13H19NO4S. The van der Waals surface area contributed by atoms with Gasteiger partial charge >= 0.3 is 5.97 Å². The van der Waals surface area contributed by atoms with Gasteiger partial charge in [0.25, 0.3) is 0 Å². The second-order valence-corrected chi connectivity index (χ2v) is 6.38. The standard InChI is InChI=1S/C13H19NO4S/c1-11-4-2-5-12(10-11)7-8-14-19(17,18)9-3-6-13(15)16/h2,4-5,10,14H,3,6-9H2,1H3,(H,15,16). The number of carboxylic acids is 1. The van der Waals surface area contributed by atoms with E-state index in [0.29, 0.717) is 13.0 Å². The topological polar surface area (TPSA) is 83.5 Å². The van der Waals surface area contributed by atoms with Crippen molar-refractivity contribution in [3.63, 3.8) is 0 Å². The third-order valence-electron chi connectivity index (χ3n) is 2.62. The van der Waals surface area contributed by atoms with E-state index in [0.717, 1.165) is 11.1 Å². The molecule has 0 atom stereocenters. The molecule has 0 radical (unpaired) electrons. The van der Waals surface area contributed by atoms with Gasteiger partial charge in [-0.1, -0.05) is 29.8 Å². The van der Waals surface area contributed by atoms with Gasteiger partial charge in [-0.05, 0) is 25.3 Å². The maximum Gasteiger partial charge on any atom is 0.303 e. The molecule has 0 aliphatic rings. The number of sulfonamides is 1. The highest BCUT2D eigenvalue weighted by atomic mass is 32.2. The van der Waals surface area contributed by atoms with Crippen LogP contribution in [0.4, 0.5) is 0 Å². The number of nitrogens with one attached hydrogen (secondary N) is 1. The number of rotatable bonds is 8. The molecule has 0 saturated carbocycles. The maximum absolute atomic E-state index is 11.6. The zero-order valence-corrected chi connectivity index (χ0v) is 11.7. The van der Waals surface area contributed by atoms with Gasteiger partial charge in [0, 0.05) is 13.0 Å². The minimum atomic E-state index is -3.37. The molecule has 0 fully saturated rings. The van der Waals surface area contributed by atoms with Crippen molar-refractivity contribution in [2.75, 3.05) is 12.3 Å². The first-order valence-corrected chi connectivity index (χ1v) is 7.79. The lowest BCUT2D eigenvalue weighted by molar-refractivity contribution is -0.137. The normalized spacial score (nSPS) is 11.4. The summed E-state index contributed by atoms with van der Waals surface area (Å²) in [6.45, 7) is 2.32. The zero-order valence-electron chi connectivity index (χ0n) is 10.9. The molecule has 1 aromatic carbocycles. The van der Waals surface area contributed by atoms with E-state index in [1.807, 2.05) is 31.2 Å². The van der Waals surface area contributed by atoms with Crippen LogP contribution in [0.25, 0.3) is 0 Å². The molecule has 19 heavy (non-hydrogen) atoms. The van der Waals surface area contributed by atoms with Crippen LogP contribution in [0, 0.1) is 6.92 Å². The Bertz CT molecular complexity index is 525. The summed E-state index contributed by atoms with van der Waals surface area (Å²) in [5.41, 5.74) is 2.22. The van der Waals surface area contributed by atoms with Gasteiger partial charge in [-0.3, -0.25) is 4.79 Å². The van der Waals surface area contributed by atoms with Gasteiger partial charge in [0.05, 0.1) is 5.75 Å². The SMILES string of the molecule is Cc1cccc(CCNS(=O)(=O)CCCC(=O)O)c1. The highest BCUT2D eigenvalue weighted by molar-refractivity contribution is 7.89. The lowest BCUT2D eigenvalue weighted by atomic mass is 10.1. The average molecular weight is 285 g/mol. The van der Waals surface area contributed by atoms with E-state index in [9.17, 15) is 13.2 Å². The Morgan fingerprint density at radius 1 is 1.37 bits per heavy atom. The number of hydrogen-bond acceptors (Lipinski definition) is 3. The molecule has 0 aromatic heterocycles. The van der Waals surface area contributed by atoms with Crippen LogP contribution in [0.3, 0.4) is 0 Å². The van der Waals surface area contributed by atoms with Crippen LogP contribution < -0.4 is 4.72 Å². The summed E-state index contributed by atoms with van der Waals surface area (Å²) in [5.74, 6) is -1.12. The Morgan fingerprint density at radius 2 is 2.11 bits per heavy atom. The van der Waals surface area contributed by atoms with Crippen molar-refractivity contribution in [3.05, 3.63) is 35.4 Å². The Morgan fingerprint density at radius 3 is 2.74 bits per heavy atom. The summed E-state index contributed by atoms with van der Waals surface area (Å²) in [5, 5.41) is 8.45. The van der Waals surface area contributed by atoms with E-state index < -0.39 is 16.0 Å². The molecule has 0 amide bonds. The van der Waals surface area contributed by atoms with Gasteiger partial charge in [-0.15, -0.1) is 0 Å². The minimum absolute atomic E-state index is 0.126. The molecular weight excluding hydrogens is 266 g/mol. The fourth-order valence-electron chi connectivity index (χ4n) is 1.70. The van der Waals surface area contributed by atoms with Gasteiger partial charge in [-0.2, -0.15) is 0 Å². The fourth-order valence-corrected chi connectivity index (χ4v) is 2.79. The Hall–Kier alpha value is -1.40. The van der Waals surface area contributed by atoms with Crippen molar-refractivity contribution in [2.45, 2.75) is 26.2 Å². The predicted octanol–water partition coefficient (Wildman–Crippen LogP) is 1.32. The van der Waals surface area contributed by atoms with Gasteiger partial charge in [0.1, 0.15) is 0 Å². The number of carboxylic acid groups (broad SMARTS) is 1. The monoisotopic (exact) mass is 285 g/mol. The van der Waals surface area contributed by atoms with E-state index in [4.69, 9.17) is 5.11 Å². The molecule has 1 rings (SSSR count). The molecule has 1 aromatic rings. The quantitative estimate of drug-likeness (QED) is 0.754. The Labute approximate surface area is 113 Å². The summed E-state index contributed by atoms with van der Waals surface area (Å²) in [6.07, 6.45) is 0.633. The van der Waals surface area contributed by atoms with E-state index in [-0.39, 0.29) is 18.6 Å². The minimum Gasteiger partial charge on any atom is -0.481 e. The van der Waals surface area contributed by atoms with Crippen LogP contribution in [-0.4, -0.2) is 31.8 Å². The molecule has 5 nitrogen and oxygen atoms in total. The number of hydrogen-bond donors (Lipinski definition) is 2. The molecule has 0 bridgehead atoms. The Balaban J connectivity index is 2.33. The number of aliphatic carboxylic acids is 1.